The summed E-state index contributed by atoms with van der Waals surface area (Å²) in [5.41, 5.74) is 0. The first-order valence-corrected chi connectivity index (χ1v) is 25.9. The quantitative estimate of drug-likeness (QED) is 0.242. The van der Waals surface area contributed by atoms with Gasteiger partial charge in [0.25, 0.3) is 0 Å². The summed E-state index contributed by atoms with van der Waals surface area (Å²) in [5.74, 6) is 7.10. The van der Waals surface area contributed by atoms with Crippen molar-refractivity contribution in [2.24, 2.45) is 41.4 Å². The fourth-order valence-corrected chi connectivity index (χ4v) is 12.5. The van der Waals surface area contributed by atoms with Crippen molar-refractivity contribution in [3.05, 3.63) is 0 Å². The van der Waals surface area contributed by atoms with E-state index in [9.17, 15) is 0 Å². The number of hydrogen-bond donors (Lipinski definition) is 0. The molecule has 10 bridgehead atoms. The summed E-state index contributed by atoms with van der Waals surface area (Å²) in [6.45, 7) is 34.7. The standard InChI is InChI=1S/2C9H17N.3C8H15N.5C2H6/c1-7-5-9-4-3-8(7)6-10(9)2;1-7-5-8-3-4-9(6-7)10(8)2;1-6-3-8-4-7(6)5-9(8)2;2*1-6-3-7-5-8(4-6)9(7)2;5*1-2/h2*7-9H,3-6H2,1-2H3;3*6-8H,3-5H2,1-2H3;5*1-2H3. The van der Waals surface area contributed by atoms with E-state index in [1.807, 2.05) is 69.2 Å². The van der Waals surface area contributed by atoms with Crippen molar-refractivity contribution in [1.82, 2.24) is 24.5 Å². The summed E-state index contributed by atoms with van der Waals surface area (Å²) in [6, 6.07) is 7.59. The van der Waals surface area contributed by atoms with Crippen LogP contribution >= 0.6 is 0 Å². The molecule has 9 heterocycles. The third-order valence-electron chi connectivity index (χ3n) is 16.1. The predicted octanol–water partition coefficient (Wildman–Crippen LogP) is 13.1. The molecule has 0 aromatic carbocycles. The average molecular weight is 804 g/mol. The van der Waals surface area contributed by atoms with Gasteiger partial charge in [-0.05, 0) is 173 Å². The molecule has 13 fully saturated rings. The van der Waals surface area contributed by atoms with Gasteiger partial charge in [-0.2, -0.15) is 0 Å². The minimum atomic E-state index is 0.931. The number of likely N-dealkylation sites (tertiary alicyclic amines) is 1. The van der Waals surface area contributed by atoms with Gasteiger partial charge in [-0.25, -0.2) is 0 Å². The Balaban J connectivity index is 0.000000337. The molecule has 9 aliphatic heterocycles. The van der Waals surface area contributed by atoms with Gasteiger partial charge in [-0.1, -0.05) is 104 Å². The highest BCUT2D eigenvalue weighted by molar-refractivity contribution is 4.98. The lowest BCUT2D eigenvalue weighted by molar-refractivity contribution is -0.0258. The smallest absolute Gasteiger partial charge is 0.0113 e. The summed E-state index contributed by atoms with van der Waals surface area (Å²) in [6.07, 6.45) is 22.0. The van der Waals surface area contributed by atoms with Crippen LogP contribution < -0.4 is 0 Å². The first-order chi connectivity index (χ1) is 27.4. The van der Waals surface area contributed by atoms with Gasteiger partial charge in [0.15, 0.2) is 0 Å². The van der Waals surface area contributed by atoms with Gasteiger partial charge in [0.05, 0.1) is 0 Å². The topological polar surface area (TPSA) is 16.2 Å². The van der Waals surface area contributed by atoms with Gasteiger partial charge >= 0.3 is 0 Å². The highest BCUT2D eigenvalue weighted by Gasteiger charge is 2.43. The second-order valence-corrected chi connectivity index (χ2v) is 19.6. The SMILES string of the molecule is CC.CC.CC.CC.CC.CC1CC2CC(C1)N2C.CC1CC2CC(C1)N2C.CC1CC2CC1CN2C.CC1CC2CCC(C1)N2C.CC1CC2CCC1CN2C. The van der Waals surface area contributed by atoms with Gasteiger partial charge in [-0.3, -0.25) is 0 Å². The van der Waals surface area contributed by atoms with Gasteiger partial charge in [-0.15, -0.1) is 0 Å². The predicted molar refractivity (Wildman–Crippen MR) is 258 cm³/mol. The minimum Gasteiger partial charge on any atom is -0.303 e. The molecule has 0 N–H and O–H groups in total. The first-order valence-electron chi connectivity index (χ1n) is 25.9. The molecule has 13 aliphatic rings. The molecule has 12 atom stereocenters. The van der Waals surface area contributed by atoms with E-state index in [-0.39, 0.29) is 0 Å². The third-order valence-corrected chi connectivity index (χ3v) is 16.1. The van der Waals surface area contributed by atoms with E-state index in [1.54, 1.807) is 0 Å². The minimum absolute atomic E-state index is 0.931. The molecule has 0 aromatic heterocycles. The highest BCUT2D eigenvalue weighted by atomic mass is 15.2. The molecule has 5 heteroatoms. The molecule has 0 amide bonds. The van der Waals surface area contributed by atoms with Gasteiger partial charge < -0.3 is 24.5 Å². The Morgan fingerprint density at radius 1 is 0.281 bits per heavy atom. The van der Waals surface area contributed by atoms with Crippen LogP contribution in [0.3, 0.4) is 0 Å². The monoisotopic (exact) mass is 804 g/mol. The second kappa shape index (κ2) is 28.4. The van der Waals surface area contributed by atoms with Crippen LogP contribution in [0, 0.1) is 41.4 Å². The molecule has 0 radical (unpaired) electrons. The van der Waals surface area contributed by atoms with Gasteiger partial charge in [0.1, 0.15) is 0 Å². The molecule has 4 aliphatic carbocycles. The van der Waals surface area contributed by atoms with Crippen molar-refractivity contribution in [1.29, 1.82) is 0 Å². The molecule has 12 unspecified atom stereocenters. The van der Waals surface area contributed by atoms with E-state index < -0.39 is 0 Å². The van der Waals surface area contributed by atoms with Crippen molar-refractivity contribution < 1.29 is 0 Å². The lowest BCUT2D eigenvalue weighted by Gasteiger charge is -2.53. The Bertz CT molecular complexity index is 880. The zero-order valence-corrected chi connectivity index (χ0v) is 42.9. The number of rotatable bonds is 0. The van der Waals surface area contributed by atoms with Crippen LogP contribution in [0.4, 0.5) is 0 Å². The molecule has 0 spiro atoms. The van der Waals surface area contributed by atoms with Gasteiger partial charge in [0, 0.05) is 61.4 Å². The van der Waals surface area contributed by atoms with E-state index in [0.29, 0.717) is 0 Å². The van der Waals surface area contributed by atoms with Crippen molar-refractivity contribution in [2.45, 2.75) is 249 Å². The Kier molecular flexibility index (Phi) is 27.3. The number of hydrogen-bond acceptors (Lipinski definition) is 5. The summed E-state index contributed by atoms with van der Waals surface area (Å²) < 4.78 is 0. The third kappa shape index (κ3) is 15.6. The maximum Gasteiger partial charge on any atom is 0.0113 e. The normalized spacial score (nSPS) is 41.4. The summed E-state index contributed by atoms with van der Waals surface area (Å²) in [7, 11) is 11.4. The van der Waals surface area contributed by atoms with E-state index in [0.717, 1.165) is 89.8 Å². The van der Waals surface area contributed by atoms with Gasteiger partial charge in [0.2, 0.25) is 0 Å². The molecular formula is C52H109N5. The van der Waals surface area contributed by atoms with Crippen molar-refractivity contribution in [3.8, 4) is 0 Å². The molecule has 342 valence electrons. The number of fused-ring (bicyclic) bond motifs is 11. The van der Waals surface area contributed by atoms with E-state index in [1.165, 1.54) is 109 Å². The highest BCUT2D eigenvalue weighted by Crippen LogP contribution is 2.42. The lowest BCUT2D eigenvalue weighted by Crippen LogP contribution is -2.58. The average Bonchev–Trinajstić information content (AvgIpc) is 3.86. The van der Waals surface area contributed by atoms with Crippen LogP contribution in [-0.4, -0.2) is 121 Å². The Labute approximate surface area is 361 Å². The van der Waals surface area contributed by atoms with Crippen LogP contribution in [0.15, 0.2) is 0 Å². The largest absolute Gasteiger partial charge is 0.303 e. The molecule has 0 aromatic rings. The fraction of sp³-hybridized carbons (Fsp3) is 1.00. The summed E-state index contributed by atoms with van der Waals surface area (Å²) in [5, 5.41) is 0. The van der Waals surface area contributed by atoms with Crippen LogP contribution in [-0.2, 0) is 0 Å². The maximum atomic E-state index is 2.60. The zero-order chi connectivity index (χ0) is 43.6. The van der Waals surface area contributed by atoms with Crippen LogP contribution in [0.5, 0.6) is 0 Å². The van der Waals surface area contributed by atoms with E-state index in [2.05, 4.69) is 94.4 Å². The van der Waals surface area contributed by atoms with Crippen molar-refractivity contribution >= 4 is 0 Å². The maximum absolute atomic E-state index is 2.60. The summed E-state index contributed by atoms with van der Waals surface area (Å²) in [4.78, 5) is 12.7. The van der Waals surface area contributed by atoms with E-state index in [4.69, 9.17) is 0 Å². The van der Waals surface area contributed by atoms with Crippen LogP contribution in [0.1, 0.15) is 200 Å². The first kappa shape index (κ1) is 54.8. The van der Waals surface area contributed by atoms with Crippen molar-refractivity contribution in [3.63, 3.8) is 0 Å². The lowest BCUT2D eigenvalue weighted by atomic mass is 9.73. The second-order valence-electron chi connectivity index (χ2n) is 19.6. The fourth-order valence-electron chi connectivity index (χ4n) is 12.5. The molecule has 5 nitrogen and oxygen atoms in total. The molecule has 4 saturated carbocycles. The van der Waals surface area contributed by atoms with Crippen LogP contribution in [0.2, 0.25) is 0 Å². The molecule has 13 rings (SSSR count). The molecular weight excluding hydrogens is 695 g/mol. The van der Waals surface area contributed by atoms with Crippen molar-refractivity contribution in [2.75, 3.05) is 48.3 Å². The Morgan fingerprint density at radius 2 is 0.579 bits per heavy atom. The number of piperidine rings is 6. The summed E-state index contributed by atoms with van der Waals surface area (Å²) >= 11 is 0. The molecule has 9 saturated heterocycles. The molecule has 57 heavy (non-hydrogen) atoms. The Hall–Kier alpha value is -0.200. The zero-order valence-electron chi connectivity index (χ0n) is 42.9. The van der Waals surface area contributed by atoms with E-state index >= 15 is 0 Å². The van der Waals surface area contributed by atoms with Crippen LogP contribution in [0.25, 0.3) is 0 Å². The Morgan fingerprint density at radius 3 is 0.807 bits per heavy atom. The number of nitrogens with zero attached hydrogens (tertiary/aromatic N) is 5.